The van der Waals surface area contributed by atoms with E-state index in [1.807, 2.05) is 0 Å². The molecule has 1 aliphatic heterocycles. The lowest BCUT2D eigenvalue weighted by Gasteiger charge is -2.03. The summed E-state index contributed by atoms with van der Waals surface area (Å²) >= 11 is 0. The lowest BCUT2D eigenvalue weighted by Crippen LogP contribution is -2.28. The lowest BCUT2D eigenvalue weighted by atomic mass is 10.1. The van der Waals surface area contributed by atoms with Gasteiger partial charge in [0.25, 0.3) is 0 Å². The summed E-state index contributed by atoms with van der Waals surface area (Å²) in [6.45, 7) is 2.33. The van der Waals surface area contributed by atoms with Crippen molar-refractivity contribution in [2.75, 3.05) is 13.2 Å². The molecule has 2 N–H and O–H groups in total. The summed E-state index contributed by atoms with van der Waals surface area (Å²) < 4.78 is 4.66. The molecular weight excluding hydrogens is 148 g/mol. The molecule has 11 heavy (non-hydrogen) atoms. The normalized spacial score (nSPS) is 23.0. The molecule has 0 aromatic carbocycles. The molecule has 0 aliphatic carbocycles. The number of rotatable bonds is 2. The summed E-state index contributed by atoms with van der Waals surface area (Å²) in [5, 5.41) is 0. The van der Waals surface area contributed by atoms with Gasteiger partial charge in [-0.3, -0.25) is 15.0 Å². The van der Waals surface area contributed by atoms with Gasteiger partial charge in [0.05, 0.1) is 6.61 Å². The fourth-order valence-corrected chi connectivity index (χ4v) is 0.853. The van der Waals surface area contributed by atoms with Crippen molar-refractivity contribution in [3.05, 3.63) is 0 Å². The molecule has 0 aromatic rings. The summed E-state index contributed by atoms with van der Waals surface area (Å²) in [5.41, 5.74) is 4.88. The van der Waals surface area contributed by atoms with Crippen molar-refractivity contribution >= 4 is 11.9 Å². The average molecular weight is 158 g/mol. The van der Waals surface area contributed by atoms with Crippen LogP contribution in [-0.2, 0) is 14.3 Å². The van der Waals surface area contributed by atoms with Crippen LogP contribution in [0.5, 0.6) is 0 Å². The van der Waals surface area contributed by atoms with Crippen molar-refractivity contribution in [1.29, 1.82) is 0 Å². The third-order valence-electron chi connectivity index (χ3n) is 1.41. The number of esters is 1. The van der Waals surface area contributed by atoms with Crippen molar-refractivity contribution in [3.63, 3.8) is 0 Å². The average Bonchev–Trinajstić information content (AvgIpc) is 2.36. The van der Waals surface area contributed by atoms with Gasteiger partial charge < -0.3 is 4.74 Å². The highest BCUT2D eigenvalue weighted by molar-refractivity contribution is 5.99. The van der Waals surface area contributed by atoms with E-state index >= 15 is 0 Å². The summed E-state index contributed by atoms with van der Waals surface area (Å²) in [5.74, 6) is -1.45. The van der Waals surface area contributed by atoms with E-state index in [-0.39, 0.29) is 5.91 Å². The van der Waals surface area contributed by atoms with Crippen LogP contribution in [0.4, 0.5) is 0 Å². The summed E-state index contributed by atoms with van der Waals surface area (Å²) in [4.78, 5) is 21.7. The first-order valence-corrected chi connectivity index (χ1v) is 3.45. The number of carbonyl (C=O) groups excluding carboxylic acids is 2. The Bertz CT molecular complexity index is 181. The molecule has 62 valence electrons. The lowest BCUT2D eigenvalue weighted by molar-refractivity contribution is -0.150. The van der Waals surface area contributed by atoms with Gasteiger partial charge in [-0.05, 0) is 6.92 Å². The van der Waals surface area contributed by atoms with Gasteiger partial charge >= 0.3 is 5.97 Å². The van der Waals surface area contributed by atoms with E-state index in [9.17, 15) is 9.59 Å². The molecule has 0 aromatic heterocycles. The van der Waals surface area contributed by atoms with Crippen LogP contribution in [0, 0.1) is 5.92 Å². The van der Waals surface area contributed by atoms with E-state index in [0.29, 0.717) is 13.2 Å². The van der Waals surface area contributed by atoms with Crippen LogP contribution in [-0.4, -0.2) is 25.0 Å². The molecule has 1 atom stereocenters. The molecule has 5 nitrogen and oxygen atoms in total. The van der Waals surface area contributed by atoms with Crippen LogP contribution in [0.2, 0.25) is 0 Å². The first-order valence-electron chi connectivity index (χ1n) is 3.45. The zero-order chi connectivity index (χ0) is 8.27. The number of hydrogen-bond donors (Lipinski definition) is 2. The Morgan fingerprint density at radius 1 is 1.82 bits per heavy atom. The van der Waals surface area contributed by atoms with Crippen molar-refractivity contribution in [3.8, 4) is 0 Å². The Kier molecular flexibility index (Phi) is 2.43. The number of hydrogen-bond acceptors (Lipinski definition) is 4. The minimum Gasteiger partial charge on any atom is -0.465 e. The second kappa shape index (κ2) is 3.34. The molecule has 1 saturated heterocycles. The predicted molar refractivity (Wildman–Crippen MR) is 36.3 cm³/mol. The van der Waals surface area contributed by atoms with Crippen LogP contribution in [0.1, 0.15) is 6.92 Å². The third kappa shape index (κ3) is 1.68. The largest absolute Gasteiger partial charge is 0.465 e. The molecule has 5 heteroatoms. The van der Waals surface area contributed by atoms with Crippen LogP contribution < -0.4 is 10.9 Å². The number of hydrazine groups is 1. The molecule has 0 bridgehead atoms. The van der Waals surface area contributed by atoms with Gasteiger partial charge in [0.1, 0.15) is 0 Å². The molecule has 1 unspecified atom stereocenters. The zero-order valence-corrected chi connectivity index (χ0v) is 6.22. The van der Waals surface area contributed by atoms with Crippen molar-refractivity contribution in [1.82, 2.24) is 10.9 Å². The first-order chi connectivity index (χ1) is 5.25. The number of carbonyl (C=O) groups is 2. The maximum atomic E-state index is 10.9. The van der Waals surface area contributed by atoms with Gasteiger partial charge in [-0.2, -0.15) is 0 Å². The maximum absolute atomic E-state index is 10.9. The van der Waals surface area contributed by atoms with Crippen molar-refractivity contribution < 1.29 is 14.3 Å². The minimum absolute atomic E-state index is 0.308. The number of amides is 1. The topological polar surface area (TPSA) is 67.4 Å². The molecule has 1 aliphatic rings. The molecule has 0 saturated carbocycles. The maximum Gasteiger partial charge on any atom is 0.319 e. The van der Waals surface area contributed by atoms with Crippen LogP contribution >= 0.6 is 0 Å². The Labute approximate surface area is 64.1 Å². The molecule has 1 heterocycles. The second-order valence-corrected chi connectivity index (χ2v) is 2.17. The molecule has 1 rings (SSSR count). The van der Waals surface area contributed by atoms with Gasteiger partial charge in [0, 0.05) is 6.54 Å². The molecule has 0 spiro atoms. The SMILES string of the molecule is CCOC(=O)C1CNNC1=O. The Balaban J connectivity index is 2.46. The first kappa shape index (κ1) is 8.00. The highest BCUT2D eigenvalue weighted by Gasteiger charge is 2.32. The van der Waals surface area contributed by atoms with E-state index in [0.717, 1.165) is 0 Å². The Hall–Kier alpha value is -1.10. The fourth-order valence-electron chi connectivity index (χ4n) is 0.853. The Morgan fingerprint density at radius 3 is 3.00 bits per heavy atom. The predicted octanol–water partition coefficient (Wildman–Crippen LogP) is -1.20. The van der Waals surface area contributed by atoms with Gasteiger partial charge in [-0.1, -0.05) is 0 Å². The molecule has 1 amide bonds. The van der Waals surface area contributed by atoms with E-state index in [1.165, 1.54) is 0 Å². The van der Waals surface area contributed by atoms with Gasteiger partial charge in [-0.25, -0.2) is 5.43 Å². The molecule has 1 fully saturated rings. The minimum atomic E-state index is -0.671. The number of ether oxygens (including phenoxy) is 1. The van der Waals surface area contributed by atoms with Crippen LogP contribution in [0.15, 0.2) is 0 Å². The zero-order valence-electron chi connectivity index (χ0n) is 6.22. The van der Waals surface area contributed by atoms with Crippen molar-refractivity contribution in [2.24, 2.45) is 5.92 Å². The highest BCUT2D eigenvalue weighted by Crippen LogP contribution is 2.02. The number of nitrogens with one attached hydrogen (secondary N) is 2. The quantitative estimate of drug-likeness (QED) is 0.391. The van der Waals surface area contributed by atoms with E-state index < -0.39 is 11.9 Å². The fraction of sp³-hybridized carbons (Fsp3) is 0.667. The van der Waals surface area contributed by atoms with Crippen LogP contribution in [0.25, 0.3) is 0 Å². The van der Waals surface area contributed by atoms with E-state index in [2.05, 4.69) is 15.6 Å². The second-order valence-electron chi connectivity index (χ2n) is 2.17. The molecular formula is C6H10N2O3. The van der Waals surface area contributed by atoms with Gasteiger partial charge in [0.2, 0.25) is 5.91 Å². The molecule has 0 radical (unpaired) electrons. The van der Waals surface area contributed by atoms with E-state index in [4.69, 9.17) is 0 Å². The third-order valence-corrected chi connectivity index (χ3v) is 1.41. The monoisotopic (exact) mass is 158 g/mol. The smallest absolute Gasteiger partial charge is 0.319 e. The summed E-state index contributed by atoms with van der Waals surface area (Å²) in [7, 11) is 0. The van der Waals surface area contributed by atoms with Gasteiger partial charge in [-0.15, -0.1) is 0 Å². The van der Waals surface area contributed by atoms with Crippen molar-refractivity contribution in [2.45, 2.75) is 6.92 Å². The standard InChI is InChI=1S/C6H10N2O3/c1-2-11-6(10)4-3-7-8-5(4)9/h4,7H,2-3H2,1H3,(H,8,9). The highest BCUT2D eigenvalue weighted by atomic mass is 16.5. The van der Waals surface area contributed by atoms with Crippen LogP contribution in [0.3, 0.4) is 0 Å². The summed E-state index contributed by atoms with van der Waals surface area (Å²) in [6.07, 6.45) is 0. The summed E-state index contributed by atoms with van der Waals surface area (Å²) in [6, 6.07) is 0. The van der Waals surface area contributed by atoms with E-state index in [1.54, 1.807) is 6.92 Å². The van der Waals surface area contributed by atoms with Gasteiger partial charge in [0.15, 0.2) is 5.92 Å². The Morgan fingerprint density at radius 2 is 2.55 bits per heavy atom.